The van der Waals surface area contributed by atoms with Crippen molar-refractivity contribution in [3.05, 3.63) is 89.2 Å². The van der Waals surface area contributed by atoms with Crippen molar-refractivity contribution in [1.82, 2.24) is 15.2 Å². The summed E-state index contributed by atoms with van der Waals surface area (Å²) in [6.45, 7) is 3.28. The highest BCUT2D eigenvalue weighted by Crippen LogP contribution is 2.22. The highest BCUT2D eigenvalue weighted by molar-refractivity contribution is 6.01. The van der Waals surface area contributed by atoms with Crippen molar-refractivity contribution in [3.63, 3.8) is 0 Å². The SMILES string of the molecule is Cc1cccc(C(=O)N2CCC[C@H]2C(=O)Nc2ccc(C=Cc3ccc(NC(=O)[C@@H]4CCCN4)cc3)cc2)n1. The maximum atomic E-state index is 13.0. The number of pyridine rings is 1. The van der Waals surface area contributed by atoms with Crippen molar-refractivity contribution in [1.29, 1.82) is 0 Å². The van der Waals surface area contributed by atoms with Crippen LogP contribution in [0.5, 0.6) is 0 Å². The van der Waals surface area contributed by atoms with Crippen molar-refractivity contribution in [2.24, 2.45) is 0 Å². The van der Waals surface area contributed by atoms with E-state index in [1.807, 2.05) is 73.7 Å². The normalized spacial score (nSPS) is 18.8. The third kappa shape index (κ3) is 6.59. The Balaban J connectivity index is 1.15. The molecule has 3 aromatic rings. The van der Waals surface area contributed by atoms with E-state index in [9.17, 15) is 14.4 Å². The van der Waals surface area contributed by atoms with Gasteiger partial charge >= 0.3 is 0 Å². The Hall–Kier alpha value is -4.30. The van der Waals surface area contributed by atoms with Crippen LogP contribution in [0.1, 0.15) is 53.0 Å². The molecule has 8 heteroatoms. The number of hydrogen-bond acceptors (Lipinski definition) is 5. The van der Waals surface area contributed by atoms with E-state index in [0.29, 0.717) is 24.3 Å². The van der Waals surface area contributed by atoms with Crippen LogP contribution in [0.4, 0.5) is 11.4 Å². The number of aromatic nitrogens is 1. The lowest BCUT2D eigenvalue weighted by molar-refractivity contribution is -0.120. The summed E-state index contributed by atoms with van der Waals surface area (Å²) in [6.07, 6.45) is 7.31. The zero-order valence-electron chi connectivity index (χ0n) is 22.0. The Morgan fingerprint density at radius 1 is 0.846 bits per heavy atom. The fourth-order valence-electron chi connectivity index (χ4n) is 5.00. The van der Waals surface area contributed by atoms with Gasteiger partial charge in [0, 0.05) is 23.6 Å². The molecule has 2 aromatic carbocycles. The third-order valence-corrected chi connectivity index (χ3v) is 7.13. The van der Waals surface area contributed by atoms with Gasteiger partial charge in [0.1, 0.15) is 11.7 Å². The van der Waals surface area contributed by atoms with Crippen molar-refractivity contribution in [3.8, 4) is 0 Å². The molecular formula is C31H33N5O3. The maximum absolute atomic E-state index is 13.0. The second kappa shape index (κ2) is 12.0. The number of benzene rings is 2. The van der Waals surface area contributed by atoms with Gasteiger partial charge in [0.15, 0.2) is 0 Å². The zero-order valence-corrected chi connectivity index (χ0v) is 22.0. The summed E-state index contributed by atoms with van der Waals surface area (Å²) in [6, 6.07) is 20.0. The molecule has 0 spiro atoms. The van der Waals surface area contributed by atoms with Crippen LogP contribution < -0.4 is 16.0 Å². The van der Waals surface area contributed by atoms with Crippen LogP contribution in [0.25, 0.3) is 12.2 Å². The monoisotopic (exact) mass is 523 g/mol. The molecule has 1 aromatic heterocycles. The minimum Gasteiger partial charge on any atom is -0.325 e. The Kier molecular flexibility index (Phi) is 8.13. The number of amides is 3. The summed E-state index contributed by atoms with van der Waals surface area (Å²) in [5, 5.41) is 9.12. The average molecular weight is 524 g/mol. The molecule has 200 valence electrons. The van der Waals surface area contributed by atoms with Crippen molar-refractivity contribution in [2.75, 3.05) is 23.7 Å². The number of rotatable bonds is 7. The Morgan fingerprint density at radius 2 is 1.49 bits per heavy atom. The lowest BCUT2D eigenvalue weighted by Gasteiger charge is -2.23. The van der Waals surface area contributed by atoms with E-state index in [2.05, 4.69) is 20.9 Å². The average Bonchev–Trinajstić information content (AvgIpc) is 3.66. The summed E-state index contributed by atoms with van der Waals surface area (Å²) >= 11 is 0. The van der Waals surface area contributed by atoms with Crippen LogP contribution in [0.3, 0.4) is 0 Å². The second-order valence-corrected chi connectivity index (χ2v) is 10.0. The van der Waals surface area contributed by atoms with Crippen LogP contribution in [-0.4, -0.2) is 52.8 Å². The van der Waals surface area contributed by atoms with E-state index in [1.54, 1.807) is 17.0 Å². The summed E-state index contributed by atoms with van der Waals surface area (Å²) in [5.41, 5.74) is 4.60. The first-order valence-electron chi connectivity index (χ1n) is 13.4. The molecule has 3 N–H and O–H groups in total. The van der Waals surface area contributed by atoms with Gasteiger partial charge in [-0.1, -0.05) is 42.5 Å². The standard InChI is InChI=1S/C31H33N5O3/c1-21-5-2-6-27(33-21)31(39)36-20-4-8-28(36)30(38)35-25-17-13-23(14-18-25)10-9-22-11-15-24(16-12-22)34-29(37)26-7-3-19-32-26/h2,5-6,9-18,26,28,32H,3-4,7-8,19-20H2,1H3,(H,34,37)(H,35,38)/t26-,28-/m0/s1. The summed E-state index contributed by atoms with van der Waals surface area (Å²) in [4.78, 5) is 44.2. The molecule has 3 amide bonds. The molecule has 0 saturated carbocycles. The number of carbonyl (C=O) groups is 3. The quantitative estimate of drug-likeness (QED) is 0.396. The van der Waals surface area contributed by atoms with Gasteiger partial charge < -0.3 is 20.9 Å². The van der Waals surface area contributed by atoms with Gasteiger partial charge in [-0.3, -0.25) is 14.4 Å². The van der Waals surface area contributed by atoms with Crippen LogP contribution >= 0.6 is 0 Å². The van der Waals surface area contributed by atoms with E-state index >= 15 is 0 Å². The number of hydrogen-bond donors (Lipinski definition) is 3. The van der Waals surface area contributed by atoms with E-state index < -0.39 is 6.04 Å². The van der Waals surface area contributed by atoms with Crippen molar-refractivity contribution in [2.45, 2.75) is 44.7 Å². The molecule has 8 nitrogen and oxygen atoms in total. The number of anilines is 2. The Bertz CT molecular complexity index is 1360. The van der Waals surface area contributed by atoms with Gasteiger partial charge in [-0.05, 0) is 86.7 Å². The molecule has 0 radical (unpaired) electrons. The predicted molar refractivity (Wildman–Crippen MR) is 153 cm³/mol. The first-order valence-corrected chi connectivity index (χ1v) is 13.4. The van der Waals surface area contributed by atoms with E-state index in [1.165, 1.54) is 0 Å². The smallest absolute Gasteiger partial charge is 0.273 e. The highest BCUT2D eigenvalue weighted by Gasteiger charge is 2.35. The lowest BCUT2D eigenvalue weighted by atomic mass is 10.1. The molecule has 2 aliphatic rings. The number of nitrogens with one attached hydrogen (secondary N) is 3. The van der Waals surface area contributed by atoms with Crippen LogP contribution in [0, 0.1) is 6.92 Å². The number of likely N-dealkylation sites (tertiary alicyclic amines) is 1. The van der Waals surface area contributed by atoms with Gasteiger partial charge in [0.2, 0.25) is 11.8 Å². The largest absolute Gasteiger partial charge is 0.325 e. The lowest BCUT2D eigenvalue weighted by Crippen LogP contribution is -2.43. The van der Waals surface area contributed by atoms with Gasteiger partial charge in [-0.15, -0.1) is 0 Å². The topological polar surface area (TPSA) is 103 Å². The zero-order chi connectivity index (χ0) is 27.2. The maximum Gasteiger partial charge on any atom is 0.273 e. The van der Waals surface area contributed by atoms with E-state index in [4.69, 9.17) is 0 Å². The molecule has 2 saturated heterocycles. The number of nitrogens with zero attached hydrogens (tertiary/aromatic N) is 2. The van der Waals surface area contributed by atoms with Gasteiger partial charge in [-0.2, -0.15) is 0 Å². The molecule has 2 aliphatic heterocycles. The van der Waals surface area contributed by atoms with Gasteiger partial charge in [-0.25, -0.2) is 4.98 Å². The Labute approximate surface area is 228 Å². The Morgan fingerprint density at radius 3 is 2.08 bits per heavy atom. The minimum atomic E-state index is -0.512. The molecule has 5 rings (SSSR count). The van der Waals surface area contributed by atoms with E-state index in [-0.39, 0.29) is 23.8 Å². The predicted octanol–water partition coefficient (Wildman–Crippen LogP) is 4.49. The van der Waals surface area contributed by atoms with Crippen LogP contribution in [0.2, 0.25) is 0 Å². The first kappa shape index (κ1) is 26.3. The number of aryl methyl sites for hydroxylation is 1. The fourth-order valence-corrected chi connectivity index (χ4v) is 5.00. The number of carbonyl (C=O) groups excluding carboxylic acids is 3. The van der Waals surface area contributed by atoms with Crippen molar-refractivity contribution < 1.29 is 14.4 Å². The second-order valence-electron chi connectivity index (χ2n) is 10.0. The summed E-state index contributed by atoms with van der Waals surface area (Å²) in [5.74, 6) is -0.385. The minimum absolute atomic E-state index is 0.0125. The third-order valence-electron chi connectivity index (χ3n) is 7.13. The molecule has 0 aliphatic carbocycles. The molecule has 0 unspecified atom stereocenters. The van der Waals surface area contributed by atoms with Crippen LogP contribution in [0.15, 0.2) is 66.7 Å². The molecule has 2 atom stereocenters. The molecule has 2 fully saturated rings. The van der Waals surface area contributed by atoms with Gasteiger partial charge in [0.05, 0.1) is 6.04 Å². The molecular weight excluding hydrogens is 490 g/mol. The first-order chi connectivity index (χ1) is 19.0. The van der Waals surface area contributed by atoms with Crippen molar-refractivity contribution >= 4 is 41.2 Å². The fraction of sp³-hybridized carbons (Fsp3) is 0.290. The molecule has 39 heavy (non-hydrogen) atoms. The highest BCUT2D eigenvalue weighted by atomic mass is 16.2. The summed E-state index contributed by atoms with van der Waals surface area (Å²) < 4.78 is 0. The molecule has 3 heterocycles. The summed E-state index contributed by atoms with van der Waals surface area (Å²) in [7, 11) is 0. The van der Waals surface area contributed by atoms with Gasteiger partial charge in [0.25, 0.3) is 5.91 Å². The van der Waals surface area contributed by atoms with E-state index in [0.717, 1.165) is 48.3 Å². The molecule has 0 bridgehead atoms. The van der Waals surface area contributed by atoms with Crippen LogP contribution in [-0.2, 0) is 9.59 Å².